The number of ether oxygens (including phenoxy) is 1. The van der Waals surface area contributed by atoms with Gasteiger partial charge < -0.3 is 4.74 Å². The van der Waals surface area contributed by atoms with Gasteiger partial charge in [-0.25, -0.2) is 0 Å². The molecule has 92 valence electrons. The molecule has 2 aliphatic rings. The summed E-state index contributed by atoms with van der Waals surface area (Å²) in [7, 11) is 0. The lowest BCUT2D eigenvalue weighted by molar-refractivity contribution is -0.180. The molecular weight excluding hydrogens is 220 g/mol. The molecule has 17 heavy (non-hydrogen) atoms. The van der Waals surface area contributed by atoms with Gasteiger partial charge in [-0.2, -0.15) is 0 Å². The highest BCUT2D eigenvalue weighted by atomic mass is 16.5. The Hall–Kier alpha value is -1.29. The van der Waals surface area contributed by atoms with Crippen molar-refractivity contribution in [1.29, 1.82) is 0 Å². The second-order valence-corrected chi connectivity index (χ2v) is 5.40. The van der Waals surface area contributed by atoms with Crippen molar-refractivity contribution in [2.24, 2.45) is 5.41 Å². The third kappa shape index (κ3) is 1.76. The minimum absolute atomic E-state index is 0.0997. The van der Waals surface area contributed by atoms with E-state index in [1.165, 1.54) is 19.1 Å². The SMILES string of the molecule is CC(=O)[C@]12C=CC(=O)C[C@H]1OC(C)(C)CC2=O. The maximum atomic E-state index is 12.3. The van der Waals surface area contributed by atoms with Crippen LogP contribution in [-0.4, -0.2) is 29.1 Å². The molecule has 0 N–H and O–H groups in total. The molecule has 1 aliphatic carbocycles. The molecule has 0 spiro atoms. The second-order valence-electron chi connectivity index (χ2n) is 5.40. The molecule has 0 aromatic carbocycles. The first kappa shape index (κ1) is 12.2. The zero-order chi connectivity index (χ0) is 12.8. The fraction of sp³-hybridized carbons (Fsp3) is 0.615. The van der Waals surface area contributed by atoms with E-state index in [0.717, 1.165) is 0 Å². The number of ketones is 3. The number of carbonyl (C=O) groups excluding carboxylic acids is 3. The van der Waals surface area contributed by atoms with Crippen LogP contribution in [0.4, 0.5) is 0 Å². The van der Waals surface area contributed by atoms with Gasteiger partial charge in [0, 0.05) is 12.8 Å². The molecule has 1 fully saturated rings. The van der Waals surface area contributed by atoms with Crippen molar-refractivity contribution in [1.82, 2.24) is 0 Å². The quantitative estimate of drug-likeness (QED) is 0.642. The molecule has 0 saturated carbocycles. The summed E-state index contributed by atoms with van der Waals surface area (Å²) in [6.07, 6.45) is 2.42. The van der Waals surface area contributed by atoms with Crippen molar-refractivity contribution < 1.29 is 19.1 Å². The van der Waals surface area contributed by atoms with Crippen molar-refractivity contribution in [3.8, 4) is 0 Å². The first-order valence-corrected chi connectivity index (χ1v) is 5.72. The summed E-state index contributed by atoms with van der Waals surface area (Å²) in [6, 6.07) is 0. The van der Waals surface area contributed by atoms with Gasteiger partial charge in [0.2, 0.25) is 0 Å². The predicted octanol–water partition coefficient (Wildman–Crippen LogP) is 1.23. The van der Waals surface area contributed by atoms with E-state index in [0.29, 0.717) is 0 Å². The van der Waals surface area contributed by atoms with Crippen molar-refractivity contribution in [2.75, 3.05) is 0 Å². The van der Waals surface area contributed by atoms with Crippen LogP contribution in [0.25, 0.3) is 0 Å². The number of hydrogen-bond donors (Lipinski definition) is 0. The van der Waals surface area contributed by atoms with E-state index in [-0.39, 0.29) is 30.2 Å². The summed E-state index contributed by atoms with van der Waals surface area (Å²) in [6.45, 7) is 4.99. The van der Waals surface area contributed by atoms with Crippen molar-refractivity contribution in [3.63, 3.8) is 0 Å². The Labute approximate surface area is 100 Å². The van der Waals surface area contributed by atoms with Gasteiger partial charge in [0.1, 0.15) is 11.2 Å². The highest BCUT2D eigenvalue weighted by molar-refractivity contribution is 6.12. The summed E-state index contributed by atoms with van der Waals surface area (Å²) < 4.78 is 5.77. The molecule has 2 rings (SSSR count). The van der Waals surface area contributed by atoms with Gasteiger partial charge >= 0.3 is 0 Å². The van der Waals surface area contributed by atoms with Crippen LogP contribution >= 0.6 is 0 Å². The van der Waals surface area contributed by atoms with Gasteiger partial charge in [-0.05, 0) is 26.8 Å². The Morgan fingerprint density at radius 2 is 2.06 bits per heavy atom. The van der Waals surface area contributed by atoms with Gasteiger partial charge in [0.25, 0.3) is 0 Å². The second kappa shape index (κ2) is 3.60. The van der Waals surface area contributed by atoms with Crippen LogP contribution < -0.4 is 0 Å². The molecule has 1 heterocycles. The van der Waals surface area contributed by atoms with Crippen LogP contribution in [0.3, 0.4) is 0 Å². The first-order chi connectivity index (χ1) is 7.78. The van der Waals surface area contributed by atoms with Crippen LogP contribution in [-0.2, 0) is 19.1 Å². The van der Waals surface area contributed by atoms with Gasteiger partial charge in [-0.1, -0.05) is 6.08 Å². The molecule has 0 amide bonds. The molecule has 2 atom stereocenters. The van der Waals surface area contributed by atoms with Gasteiger partial charge in [-0.3, -0.25) is 14.4 Å². The largest absolute Gasteiger partial charge is 0.370 e. The van der Waals surface area contributed by atoms with E-state index in [9.17, 15) is 14.4 Å². The summed E-state index contributed by atoms with van der Waals surface area (Å²) in [5.74, 6) is -0.487. The average molecular weight is 236 g/mol. The smallest absolute Gasteiger partial charge is 0.158 e. The number of rotatable bonds is 1. The Kier molecular flexibility index (Phi) is 2.58. The molecule has 4 nitrogen and oxygen atoms in total. The first-order valence-electron chi connectivity index (χ1n) is 5.72. The average Bonchev–Trinajstić information content (AvgIpc) is 2.14. The van der Waals surface area contributed by atoms with Crippen molar-refractivity contribution in [2.45, 2.75) is 45.3 Å². The molecule has 0 bridgehead atoms. The van der Waals surface area contributed by atoms with E-state index in [1.807, 2.05) is 0 Å². The third-order valence-electron chi connectivity index (χ3n) is 3.52. The van der Waals surface area contributed by atoms with Gasteiger partial charge in [-0.15, -0.1) is 0 Å². The zero-order valence-corrected chi connectivity index (χ0v) is 10.3. The summed E-state index contributed by atoms with van der Waals surface area (Å²) in [5.41, 5.74) is -1.84. The number of fused-ring (bicyclic) bond motifs is 1. The van der Waals surface area contributed by atoms with E-state index >= 15 is 0 Å². The molecule has 0 unspecified atom stereocenters. The van der Waals surface area contributed by atoms with E-state index in [4.69, 9.17) is 4.74 Å². The van der Waals surface area contributed by atoms with Crippen molar-refractivity contribution >= 4 is 17.3 Å². The fourth-order valence-electron chi connectivity index (χ4n) is 2.65. The molecule has 4 heteroatoms. The highest BCUT2D eigenvalue weighted by Gasteiger charge is 2.56. The fourth-order valence-corrected chi connectivity index (χ4v) is 2.65. The van der Waals surface area contributed by atoms with Crippen LogP contribution in [0, 0.1) is 5.41 Å². The zero-order valence-electron chi connectivity index (χ0n) is 10.3. The number of allylic oxidation sites excluding steroid dienone is 1. The molecule has 0 radical (unpaired) electrons. The molecule has 0 aromatic rings. The minimum atomic E-state index is -1.23. The Balaban J connectivity index is 2.50. The van der Waals surface area contributed by atoms with Crippen molar-refractivity contribution in [3.05, 3.63) is 12.2 Å². The van der Waals surface area contributed by atoms with E-state index in [2.05, 4.69) is 0 Å². The Bertz CT molecular complexity index is 433. The maximum absolute atomic E-state index is 12.3. The van der Waals surface area contributed by atoms with Crippen LogP contribution in [0.2, 0.25) is 0 Å². The lowest BCUT2D eigenvalue weighted by atomic mass is 9.66. The number of carbonyl (C=O) groups is 3. The Morgan fingerprint density at radius 1 is 1.41 bits per heavy atom. The summed E-state index contributed by atoms with van der Waals surface area (Å²) >= 11 is 0. The predicted molar refractivity (Wildman–Crippen MR) is 60.5 cm³/mol. The van der Waals surface area contributed by atoms with Gasteiger partial charge in [0.05, 0.1) is 11.7 Å². The lowest BCUT2D eigenvalue weighted by Gasteiger charge is -2.46. The van der Waals surface area contributed by atoms with Crippen LogP contribution in [0.1, 0.15) is 33.6 Å². The standard InChI is InChI=1S/C13H16O4/c1-8(14)13-5-4-9(15)6-11(13)17-12(2,3)7-10(13)16/h4-5,11H,6-7H2,1-3H3/t11-,13+/m1/s1. The lowest BCUT2D eigenvalue weighted by Crippen LogP contribution is -2.58. The molecule has 1 aliphatic heterocycles. The molecular formula is C13H16O4. The molecule has 0 aromatic heterocycles. The topological polar surface area (TPSA) is 60.4 Å². The monoisotopic (exact) mass is 236 g/mol. The van der Waals surface area contributed by atoms with Gasteiger partial charge in [0.15, 0.2) is 11.6 Å². The molecule has 1 saturated heterocycles. The maximum Gasteiger partial charge on any atom is 0.158 e. The van der Waals surface area contributed by atoms with E-state index < -0.39 is 17.1 Å². The number of Topliss-reactive ketones (excluding diaryl/α,β-unsaturated/α-hetero) is 2. The third-order valence-corrected chi connectivity index (χ3v) is 3.52. The normalized spacial score (nSPS) is 35.6. The summed E-state index contributed by atoms with van der Waals surface area (Å²) in [4.78, 5) is 35.5. The highest BCUT2D eigenvalue weighted by Crippen LogP contribution is 2.43. The van der Waals surface area contributed by atoms with Crippen LogP contribution in [0.5, 0.6) is 0 Å². The van der Waals surface area contributed by atoms with E-state index in [1.54, 1.807) is 13.8 Å². The minimum Gasteiger partial charge on any atom is -0.370 e. The van der Waals surface area contributed by atoms with Crippen LogP contribution in [0.15, 0.2) is 12.2 Å². The number of hydrogen-bond acceptors (Lipinski definition) is 4. The summed E-state index contributed by atoms with van der Waals surface area (Å²) in [5, 5.41) is 0. The Morgan fingerprint density at radius 3 is 2.65 bits per heavy atom.